The molecule has 2 rings (SSSR count). The van der Waals surface area contributed by atoms with Gasteiger partial charge in [-0.2, -0.15) is 0 Å². The van der Waals surface area contributed by atoms with Gasteiger partial charge >= 0.3 is 5.97 Å². The number of carbonyl (C=O) groups is 3. The molecule has 7 heteroatoms. The second-order valence-corrected chi connectivity index (χ2v) is 6.13. The van der Waals surface area contributed by atoms with Crippen molar-refractivity contribution < 1.29 is 23.5 Å². The van der Waals surface area contributed by atoms with Crippen molar-refractivity contribution in [1.82, 2.24) is 4.90 Å². The third-order valence-electron chi connectivity index (χ3n) is 4.04. The number of hydrogen-bond donors (Lipinski definition) is 1. The molecule has 0 radical (unpaired) electrons. The molecule has 1 N–H and O–H groups in total. The molecule has 6 nitrogen and oxygen atoms in total. The Morgan fingerprint density at radius 2 is 1.75 bits per heavy atom. The molecule has 148 valence electrons. The van der Waals surface area contributed by atoms with Crippen LogP contribution in [0.5, 0.6) is 0 Å². The summed E-state index contributed by atoms with van der Waals surface area (Å²) in [6, 6.07) is 12.4. The number of hydrogen-bond acceptors (Lipinski definition) is 4. The molecule has 0 spiro atoms. The Morgan fingerprint density at radius 1 is 1.07 bits per heavy atom. The highest BCUT2D eigenvalue weighted by molar-refractivity contribution is 6.01. The summed E-state index contributed by atoms with van der Waals surface area (Å²) in [5, 5.41) is 2.69. The summed E-state index contributed by atoms with van der Waals surface area (Å²) < 4.78 is 18.0. The van der Waals surface area contributed by atoms with Crippen LogP contribution in [0.4, 0.5) is 10.1 Å². The number of carbonyl (C=O) groups excluding carboxylic acids is 3. The predicted octanol–water partition coefficient (Wildman–Crippen LogP) is 3.38. The van der Waals surface area contributed by atoms with E-state index in [1.807, 2.05) is 0 Å². The first-order valence-electron chi connectivity index (χ1n) is 8.96. The highest BCUT2D eigenvalue weighted by Crippen LogP contribution is 2.17. The number of nitrogens with one attached hydrogen (secondary N) is 1. The van der Waals surface area contributed by atoms with Crippen LogP contribution in [0.25, 0.3) is 0 Å². The minimum absolute atomic E-state index is 0.0535. The quantitative estimate of drug-likeness (QED) is 0.706. The summed E-state index contributed by atoms with van der Waals surface area (Å²) in [7, 11) is 0. The minimum atomic E-state index is -0.514. The topological polar surface area (TPSA) is 75.7 Å². The van der Waals surface area contributed by atoms with E-state index in [0.29, 0.717) is 5.69 Å². The second-order valence-electron chi connectivity index (χ2n) is 6.13. The van der Waals surface area contributed by atoms with Crippen LogP contribution in [0, 0.1) is 5.82 Å². The molecule has 2 aromatic rings. The van der Waals surface area contributed by atoms with Crippen molar-refractivity contribution in [3.8, 4) is 0 Å². The molecule has 0 aromatic heterocycles. The van der Waals surface area contributed by atoms with E-state index in [0.717, 1.165) is 5.56 Å². The van der Waals surface area contributed by atoms with Gasteiger partial charge in [0.15, 0.2) is 0 Å². The van der Waals surface area contributed by atoms with E-state index in [4.69, 9.17) is 4.74 Å². The molecule has 0 aliphatic carbocycles. The summed E-state index contributed by atoms with van der Waals surface area (Å²) in [5.41, 5.74) is 1.40. The highest BCUT2D eigenvalue weighted by Gasteiger charge is 2.16. The van der Waals surface area contributed by atoms with Gasteiger partial charge in [-0.25, -0.2) is 9.18 Å². The Hall–Kier alpha value is -3.22. The summed E-state index contributed by atoms with van der Waals surface area (Å²) in [6.07, 6.45) is 0.0535. The molecule has 2 aromatic carbocycles. The molecule has 0 aliphatic rings. The lowest BCUT2D eigenvalue weighted by atomic mass is 10.1. The monoisotopic (exact) mass is 386 g/mol. The molecular formula is C21H23FN2O4. The van der Waals surface area contributed by atoms with Gasteiger partial charge in [0.2, 0.25) is 11.8 Å². The number of ether oxygens (including phenoxy) is 1. The maximum atomic E-state index is 13.0. The molecule has 0 bridgehead atoms. The number of amides is 2. The number of halogens is 1. The van der Waals surface area contributed by atoms with E-state index < -0.39 is 5.97 Å². The average molecular weight is 386 g/mol. The summed E-state index contributed by atoms with van der Waals surface area (Å²) in [5.74, 6) is -1.39. The standard InChI is InChI=1S/C21H23FN2O4/c1-3-28-21(27)18-6-4-5-7-19(18)23-20(26)12-13-24(15(2)25)14-16-8-10-17(22)11-9-16/h4-11H,3,12-14H2,1-2H3,(H,23,26). The van der Waals surface area contributed by atoms with Crippen LogP contribution in [0.15, 0.2) is 48.5 Å². The van der Waals surface area contributed by atoms with Gasteiger partial charge in [0.25, 0.3) is 0 Å². The van der Waals surface area contributed by atoms with Crippen LogP contribution in [-0.4, -0.2) is 35.8 Å². The fourth-order valence-electron chi connectivity index (χ4n) is 2.59. The number of benzene rings is 2. The molecule has 0 saturated heterocycles. The van der Waals surface area contributed by atoms with Crippen LogP contribution < -0.4 is 5.32 Å². The van der Waals surface area contributed by atoms with Gasteiger partial charge < -0.3 is 15.0 Å². The molecule has 0 heterocycles. The van der Waals surface area contributed by atoms with Gasteiger partial charge in [-0.05, 0) is 36.8 Å². The van der Waals surface area contributed by atoms with Gasteiger partial charge in [-0.1, -0.05) is 24.3 Å². The Bertz CT molecular complexity index is 837. The third-order valence-corrected chi connectivity index (χ3v) is 4.04. The molecule has 28 heavy (non-hydrogen) atoms. The van der Waals surface area contributed by atoms with Crippen molar-refractivity contribution in [2.45, 2.75) is 26.8 Å². The lowest BCUT2D eigenvalue weighted by molar-refractivity contribution is -0.129. The Labute approximate surface area is 163 Å². The van der Waals surface area contributed by atoms with E-state index >= 15 is 0 Å². The third kappa shape index (κ3) is 6.19. The van der Waals surface area contributed by atoms with Crippen LogP contribution in [0.2, 0.25) is 0 Å². The van der Waals surface area contributed by atoms with Crippen molar-refractivity contribution in [2.75, 3.05) is 18.5 Å². The summed E-state index contributed by atoms with van der Waals surface area (Å²) in [6.45, 7) is 3.83. The van der Waals surface area contributed by atoms with E-state index in [2.05, 4.69) is 5.32 Å². The number of esters is 1. The molecule has 0 saturated carbocycles. The fourth-order valence-corrected chi connectivity index (χ4v) is 2.59. The van der Waals surface area contributed by atoms with Gasteiger partial charge in [0, 0.05) is 26.4 Å². The first-order valence-corrected chi connectivity index (χ1v) is 8.96. The number of nitrogens with zero attached hydrogens (tertiary/aromatic N) is 1. The minimum Gasteiger partial charge on any atom is -0.462 e. The van der Waals surface area contributed by atoms with Gasteiger partial charge in [0.05, 0.1) is 17.9 Å². The fraction of sp³-hybridized carbons (Fsp3) is 0.286. The smallest absolute Gasteiger partial charge is 0.340 e. The first kappa shape index (κ1) is 21.1. The van der Waals surface area contributed by atoms with Gasteiger partial charge in [-0.3, -0.25) is 9.59 Å². The average Bonchev–Trinajstić information content (AvgIpc) is 2.67. The number of anilines is 1. The summed E-state index contributed by atoms with van der Waals surface area (Å²) in [4.78, 5) is 37.7. The maximum Gasteiger partial charge on any atom is 0.340 e. The molecular weight excluding hydrogens is 363 g/mol. The molecule has 2 amide bonds. The normalized spacial score (nSPS) is 10.2. The number of para-hydroxylation sites is 1. The zero-order chi connectivity index (χ0) is 20.5. The van der Waals surface area contributed by atoms with E-state index in [1.165, 1.54) is 24.0 Å². The Balaban J connectivity index is 1.97. The largest absolute Gasteiger partial charge is 0.462 e. The lowest BCUT2D eigenvalue weighted by Gasteiger charge is -2.21. The van der Waals surface area contributed by atoms with Crippen LogP contribution in [0.3, 0.4) is 0 Å². The SMILES string of the molecule is CCOC(=O)c1ccccc1NC(=O)CCN(Cc1ccc(F)cc1)C(C)=O. The first-order chi connectivity index (χ1) is 13.4. The van der Waals surface area contributed by atoms with Crippen molar-refractivity contribution in [2.24, 2.45) is 0 Å². The van der Waals surface area contributed by atoms with Crippen LogP contribution in [0.1, 0.15) is 36.2 Å². The van der Waals surface area contributed by atoms with Crippen LogP contribution in [-0.2, 0) is 20.9 Å². The van der Waals surface area contributed by atoms with Crippen molar-refractivity contribution in [1.29, 1.82) is 0 Å². The zero-order valence-corrected chi connectivity index (χ0v) is 15.9. The van der Waals surface area contributed by atoms with E-state index in [1.54, 1.807) is 43.3 Å². The molecule has 0 unspecified atom stereocenters. The Kier molecular flexibility index (Phi) is 7.68. The van der Waals surface area contributed by atoms with Gasteiger partial charge in [-0.15, -0.1) is 0 Å². The van der Waals surface area contributed by atoms with Crippen molar-refractivity contribution in [3.05, 3.63) is 65.5 Å². The molecule has 0 atom stereocenters. The predicted molar refractivity (Wildman–Crippen MR) is 103 cm³/mol. The maximum absolute atomic E-state index is 13.0. The molecule has 0 aliphatic heterocycles. The van der Waals surface area contributed by atoms with Crippen molar-refractivity contribution in [3.63, 3.8) is 0 Å². The van der Waals surface area contributed by atoms with E-state index in [9.17, 15) is 18.8 Å². The summed E-state index contributed by atoms with van der Waals surface area (Å²) >= 11 is 0. The Morgan fingerprint density at radius 3 is 2.39 bits per heavy atom. The van der Waals surface area contributed by atoms with Crippen LogP contribution >= 0.6 is 0 Å². The van der Waals surface area contributed by atoms with Gasteiger partial charge in [0.1, 0.15) is 5.82 Å². The highest BCUT2D eigenvalue weighted by atomic mass is 19.1. The zero-order valence-electron chi connectivity index (χ0n) is 15.9. The number of rotatable bonds is 8. The second kappa shape index (κ2) is 10.2. The lowest BCUT2D eigenvalue weighted by Crippen LogP contribution is -2.31. The van der Waals surface area contributed by atoms with E-state index in [-0.39, 0.29) is 49.3 Å². The molecule has 0 fully saturated rings. The van der Waals surface area contributed by atoms with Crippen molar-refractivity contribution >= 4 is 23.5 Å².